The standard InChI is InChI=1S/C13H14Cl2N2S/c1-7(2)10-6-16-13(18)17(10)12-9(14)5-4-8(3)11(12)15/h4-7H,1-3H3,(H,16,18). The van der Waals surface area contributed by atoms with Gasteiger partial charge in [0.25, 0.3) is 0 Å². The van der Waals surface area contributed by atoms with Crippen LogP contribution in [0.25, 0.3) is 5.69 Å². The Morgan fingerprint density at radius 2 is 1.94 bits per heavy atom. The van der Waals surface area contributed by atoms with Crippen molar-refractivity contribution in [2.24, 2.45) is 0 Å². The minimum absolute atomic E-state index is 0.325. The van der Waals surface area contributed by atoms with Crippen LogP contribution in [-0.2, 0) is 0 Å². The van der Waals surface area contributed by atoms with Gasteiger partial charge in [0.05, 0.1) is 15.7 Å². The van der Waals surface area contributed by atoms with Crippen LogP contribution in [0.15, 0.2) is 18.3 Å². The fourth-order valence-corrected chi connectivity index (χ4v) is 2.68. The van der Waals surface area contributed by atoms with Crippen LogP contribution in [0, 0.1) is 11.7 Å². The molecule has 0 aliphatic heterocycles. The lowest BCUT2D eigenvalue weighted by Gasteiger charge is -2.15. The molecule has 1 heterocycles. The predicted molar refractivity (Wildman–Crippen MR) is 79.8 cm³/mol. The van der Waals surface area contributed by atoms with Crippen molar-refractivity contribution in [3.05, 3.63) is 44.4 Å². The third-order valence-corrected chi connectivity index (χ3v) is 3.96. The van der Waals surface area contributed by atoms with Gasteiger partial charge in [-0.15, -0.1) is 0 Å². The summed E-state index contributed by atoms with van der Waals surface area (Å²) >= 11 is 18.0. The molecule has 18 heavy (non-hydrogen) atoms. The maximum Gasteiger partial charge on any atom is 0.182 e. The Hall–Kier alpha value is -0.770. The topological polar surface area (TPSA) is 20.7 Å². The maximum absolute atomic E-state index is 6.37. The average molecular weight is 301 g/mol. The van der Waals surface area contributed by atoms with Crippen LogP contribution in [0.3, 0.4) is 0 Å². The first-order valence-corrected chi connectivity index (χ1v) is 6.85. The number of nitrogens with one attached hydrogen (secondary N) is 1. The first kappa shape index (κ1) is 13.7. The van der Waals surface area contributed by atoms with Crippen LogP contribution < -0.4 is 0 Å². The molecule has 1 aromatic heterocycles. The van der Waals surface area contributed by atoms with Gasteiger partial charge in [0.2, 0.25) is 0 Å². The highest BCUT2D eigenvalue weighted by Crippen LogP contribution is 2.33. The first-order chi connectivity index (χ1) is 8.43. The van der Waals surface area contributed by atoms with Crippen LogP contribution in [0.1, 0.15) is 31.0 Å². The normalized spacial score (nSPS) is 11.2. The molecule has 0 amide bonds. The van der Waals surface area contributed by atoms with Gasteiger partial charge in [-0.1, -0.05) is 43.1 Å². The summed E-state index contributed by atoms with van der Waals surface area (Å²) in [6.07, 6.45) is 1.90. The zero-order valence-corrected chi connectivity index (χ0v) is 12.7. The Kier molecular flexibility index (Phi) is 3.85. The van der Waals surface area contributed by atoms with Crippen LogP contribution >= 0.6 is 35.4 Å². The molecule has 96 valence electrons. The van der Waals surface area contributed by atoms with E-state index in [1.165, 1.54) is 0 Å². The number of hydrogen-bond acceptors (Lipinski definition) is 1. The summed E-state index contributed by atoms with van der Waals surface area (Å²) < 4.78 is 2.52. The summed E-state index contributed by atoms with van der Waals surface area (Å²) in [6.45, 7) is 6.16. The first-order valence-electron chi connectivity index (χ1n) is 5.68. The lowest BCUT2D eigenvalue weighted by molar-refractivity contribution is 0.783. The van der Waals surface area contributed by atoms with Crippen molar-refractivity contribution in [3.8, 4) is 5.69 Å². The number of H-pyrrole nitrogens is 1. The van der Waals surface area contributed by atoms with Gasteiger partial charge < -0.3 is 4.98 Å². The number of nitrogens with zero attached hydrogens (tertiary/aromatic N) is 1. The number of rotatable bonds is 2. The Bertz CT molecular complexity index is 641. The van der Waals surface area contributed by atoms with E-state index in [0.717, 1.165) is 16.9 Å². The molecule has 1 N–H and O–H groups in total. The van der Waals surface area contributed by atoms with Crippen molar-refractivity contribution < 1.29 is 0 Å². The van der Waals surface area contributed by atoms with Gasteiger partial charge >= 0.3 is 0 Å². The van der Waals surface area contributed by atoms with Crippen LogP contribution in [0.4, 0.5) is 0 Å². The molecule has 0 aliphatic rings. The molecular weight excluding hydrogens is 287 g/mol. The van der Waals surface area contributed by atoms with Gasteiger partial charge in [0.15, 0.2) is 4.77 Å². The number of aromatic nitrogens is 2. The number of imidazole rings is 1. The lowest BCUT2D eigenvalue weighted by Crippen LogP contribution is -2.04. The molecule has 0 aliphatic carbocycles. The second kappa shape index (κ2) is 5.08. The third-order valence-electron chi connectivity index (χ3n) is 2.88. The quantitative estimate of drug-likeness (QED) is 0.749. The van der Waals surface area contributed by atoms with E-state index in [0.29, 0.717) is 20.7 Å². The minimum Gasteiger partial charge on any atom is -0.337 e. The molecule has 1 aromatic carbocycles. The highest BCUT2D eigenvalue weighted by Gasteiger charge is 2.16. The molecule has 2 rings (SSSR count). The summed E-state index contributed by atoms with van der Waals surface area (Å²) in [5, 5.41) is 1.24. The van der Waals surface area contributed by atoms with E-state index in [4.69, 9.17) is 35.4 Å². The zero-order chi connectivity index (χ0) is 13.4. The zero-order valence-electron chi connectivity index (χ0n) is 10.4. The van der Waals surface area contributed by atoms with Gasteiger partial charge in [-0.25, -0.2) is 0 Å². The van der Waals surface area contributed by atoms with Gasteiger partial charge in [0, 0.05) is 11.9 Å². The van der Waals surface area contributed by atoms with Crippen LogP contribution in [-0.4, -0.2) is 9.55 Å². The summed E-state index contributed by atoms with van der Waals surface area (Å²) in [5.41, 5.74) is 2.80. The van der Waals surface area contributed by atoms with Gasteiger partial charge in [0.1, 0.15) is 0 Å². The summed E-state index contributed by atoms with van der Waals surface area (Å²) in [7, 11) is 0. The SMILES string of the molecule is Cc1ccc(Cl)c(-n2c(C(C)C)c[nH]c2=S)c1Cl. The Balaban J connectivity index is 2.81. The number of benzene rings is 1. The van der Waals surface area contributed by atoms with E-state index in [1.807, 2.05) is 29.8 Å². The van der Waals surface area contributed by atoms with E-state index in [9.17, 15) is 0 Å². The second-order valence-corrected chi connectivity index (χ2v) is 5.71. The maximum atomic E-state index is 6.37. The minimum atomic E-state index is 0.325. The van der Waals surface area contributed by atoms with Crippen molar-refractivity contribution in [2.75, 3.05) is 0 Å². The Morgan fingerprint density at radius 1 is 1.28 bits per heavy atom. The van der Waals surface area contributed by atoms with E-state index in [1.54, 1.807) is 0 Å². The van der Waals surface area contributed by atoms with E-state index < -0.39 is 0 Å². The van der Waals surface area contributed by atoms with Crippen molar-refractivity contribution in [1.29, 1.82) is 0 Å². The smallest absolute Gasteiger partial charge is 0.182 e. The number of aryl methyl sites for hydroxylation is 1. The van der Waals surface area contributed by atoms with Crippen LogP contribution in [0.2, 0.25) is 10.0 Å². The molecule has 0 saturated carbocycles. The molecule has 0 saturated heterocycles. The second-order valence-electron chi connectivity index (χ2n) is 4.54. The van der Waals surface area contributed by atoms with E-state index in [2.05, 4.69) is 18.8 Å². The highest BCUT2D eigenvalue weighted by atomic mass is 35.5. The molecule has 5 heteroatoms. The number of hydrogen-bond donors (Lipinski definition) is 1. The molecule has 0 atom stereocenters. The van der Waals surface area contributed by atoms with E-state index >= 15 is 0 Å². The Labute approximate surface area is 122 Å². The molecule has 0 spiro atoms. The predicted octanol–water partition coefficient (Wildman–Crippen LogP) is 5.27. The monoisotopic (exact) mass is 300 g/mol. The van der Waals surface area contributed by atoms with Gasteiger partial charge in [-0.2, -0.15) is 0 Å². The summed E-state index contributed by atoms with van der Waals surface area (Å²) in [6, 6.07) is 3.75. The average Bonchev–Trinajstić information content (AvgIpc) is 2.67. The summed E-state index contributed by atoms with van der Waals surface area (Å²) in [5.74, 6) is 0.325. The van der Waals surface area contributed by atoms with Crippen LogP contribution in [0.5, 0.6) is 0 Å². The van der Waals surface area contributed by atoms with Gasteiger partial charge in [-0.05, 0) is 36.7 Å². The highest BCUT2D eigenvalue weighted by molar-refractivity contribution is 7.71. The van der Waals surface area contributed by atoms with Crippen molar-refractivity contribution in [1.82, 2.24) is 9.55 Å². The fraction of sp³-hybridized carbons (Fsp3) is 0.308. The van der Waals surface area contributed by atoms with Crippen molar-refractivity contribution in [3.63, 3.8) is 0 Å². The number of aromatic amines is 1. The molecule has 0 bridgehead atoms. The largest absolute Gasteiger partial charge is 0.337 e. The molecule has 0 unspecified atom stereocenters. The van der Waals surface area contributed by atoms with Crippen molar-refractivity contribution >= 4 is 35.4 Å². The third kappa shape index (κ3) is 2.22. The molecule has 0 fully saturated rings. The summed E-state index contributed by atoms with van der Waals surface area (Å²) in [4.78, 5) is 3.05. The molecular formula is C13H14Cl2N2S. The molecule has 2 nitrogen and oxygen atoms in total. The lowest BCUT2D eigenvalue weighted by atomic mass is 10.1. The number of halogens is 2. The van der Waals surface area contributed by atoms with Gasteiger partial charge in [-0.3, -0.25) is 4.57 Å². The Morgan fingerprint density at radius 3 is 2.56 bits per heavy atom. The van der Waals surface area contributed by atoms with Crippen molar-refractivity contribution in [2.45, 2.75) is 26.7 Å². The molecule has 0 radical (unpaired) electrons. The van der Waals surface area contributed by atoms with E-state index in [-0.39, 0.29) is 0 Å². The molecule has 2 aromatic rings. The fourth-order valence-electron chi connectivity index (χ4n) is 1.88.